The SMILES string of the molecule is Cc1ccc2nc(C=Cc3cccc(O)c3)ccc2c1. The second-order valence-corrected chi connectivity index (χ2v) is 4.86. The Kier molecular flexibility index (Phi) is 3.21. The van der Waals surface area contributed by atoms with Gasteiger partial charge in [-0.3, -0.25) is 0 Å². The van der Waals surface area contributed by atoms with E-state index in [-0.39, 0.29) is 5.75 Å². The van der Waals surface area contributed by atoms with Crippen LogP contribution in [0.2, 0.25) is 0 Å². The van der Waals surface area contributed by atoms with Gasteiger partial charge in [0.2, 0.25) is 0 Å². The summed E-state index contributed by atoms with van der Waals surface area (Å²) in [6.45, 7) is 2.08. The molecule has 0 fully saturated rings. The molecule has 0 spiro atoms. The lowest BCUT2D eigenvalue weighted by Crippen LogP contribution is -1.84. The van der Waals surface area contributed by atoms with Crippen molar-refractivity contribution >= 4 is 23.1 Å². The van der Waals surface area contributed by atoms with Gasteiger partial charge in [0.1, 0.15) is 5.75 Å². The van der Waals surface area contributed by atoms with E-state index in [1.165, 1.54) is 5.56 Å². The highest BCUT2D eigenvalue weighted by Gasteiger charge is 1.97. The van der Waals surface area contributed by atoms with Gasteiger partial charge in [0.15, 0.2) is 0 Å². The van der Waals surface area contributed by atoms with Crippen molar-refractivity contribution in [2.24, 2.45) is 0 Å². The summed E-state index contributed by atoms with van der Waals surface area (Å²) in [5, 5.41) is 10.6. The summed E-state index contributed by atoms with van der Waals surface area (Å²) in [5.41, 5.74) is 4.09. The molecule has 0 unspecified atom stereocenters. The molecule has 0 radical (unpaired) electrons. The number of benzene rings is 2. The Morgan fingerprint density at radius 3 is 2.70 bits per heavy atom. The third kappa shape index (κ3) is 2.69. The average Bonchev–Trinajstić information content (AvgIpc) is 2.45. The first kappa shape index (κ1) is 12.4. The largest absolute Gasteiger partial charge is 0.508 e. The third-order valence-corrected chi connectivity index (χ3v) is 3.18. The molecule has 0 saturated heterocycles. The third-order valence-electron chi connectivity index (χ3n) is 3.18. The zero-order valence-electron chi connectivity index (χ0n) is 11.2. The molecule has 20 heavy (non-hydrogen) atoms. The van der Waals surface area contributed by atoms with Crippen molar-refractivity contribution in [1.82, 2.24) is 4.98 Å². The van der Waals surface area contributed by atoms with Crippen LogP contribution >= 0.6 is 0 Å². The molecule has 1 N–H and O–H groups in total. The van der Waals surface area contributed by atoms with E-state index in [0.717, 1.165) is 22.2 Å². The molecule has 3 rings (SSSR count). The van der Waals surface area contributed by atoms with Crippen LogP contribution < -0.4 is 0 Å². The van der Waals surface area contributed by atoms with Gasteiger partial charge in [-0.25, -0.2) is 4.98 Å². The summed E-state index contributed by atoms with van der Waals surface area (Å²) in [7, 11) is 0. The number of rotatable bonds is 2. The Morgan fingerprint density at radius 2 is 1.85 bits per heavy atom. The predicted octanol–water partition coefficient (Wildman–Crippen LogP) is 4.42. The van der Waals surface area contributed by atoms with Crippen LogP contribution in [0.3, 0.4) is 0 Å². The molecule has 0 atom stereocenters. The number of phenolic OH excluding ortho intramolecular Hbond substituents is 1. The Morgan fingerprint density at radius 1 is 0.950 bits per heavy atom. The smallest absolute Gasteiger partial charge is 0.116 e. The lowest BCUT2D eigenvalue weighted by molar-refractivity contribution is 0.475. The number of hydrogen-bond acceptors (Lipinski definition) is 2. The quantitative estimate of drug-likeness (QED) is 0.740. The van der Waals surface area contributed by atoms with E-state index in [2.05, 4.69) is 30.1 Å². The molecule has 3 aromatic rings. The first-order chi connectivity index (χ1) is 9.70. The van der Waals surface area contributed by atoms with E-state index in [1.54, 1.807) is 12.1 Å². The van der Waals surface area contributed by atoms with Gasteiger partial charge in [-0.1, -0.05) is 35.9 Å². The number of pyridine rings is 1. The van der Waals surface area contributed by atoms with Gasteiger partial charge in [-0.15, -0.1) is 0 Å². The number of nitrogens with zero attached hydrogens (tertiary/aromatic N) is 1. The lowest BCUT2D eigenvalue weighted by Gasteiger charge is -2.00. The van der Waals surface area contributed by atoms with E-state index in [1.807, 2.05) is 36.4 Å². The van der Waals surface area contributed by atoms with Crippen molar-refractivity contribution in [1.29, 1.82) is 0 Å². The molecule has 0 amide bonds. The standard InChI is InChI=1S/C18H15NO/c1-13-5-10-18-15(11-13)7-9-16(19-18)8-6-14-3-2-4-17(20)12-14/h2-12,20H,1H3. The molecule has 1 aromatic heterocycles. The monoisotopic (exact) mass is 261 g/mol. The minimum atomic E-state index is 0.272. The fourth-order valence-electron chi connectivity index (χ4n) is 2.16. The molecular weight excluding hydrogens is 246 g/mol. The highest BCUT2D eigenvalue weighted by Crippen LogP contribution is 2.17. The van der Waals surface area contributed by atoms with Gasteiger partial charge in [0, 0.05) is 5.39 Å². The summed E-state index contributed by atoms with van der Waals surface area (Å²) >= 11 is 0. The maximum absolute atomic E-state index is 9.43. The Balaban J connectivity index is 1.93. The number of hydrogen-bond donors (Lipinski definition) is 1. The van der Waals surface area contributed by atoms with Crippen molar-refractivity contribution in [3.63, 3.8) is 0 Å². The zero-order valence-corrected chi connectivity index (χ0v) is 11.2. The van der Waals surface area contributed by atoms with E-state index < -0.39 is 0 Å². The van der Waals surface area contributed by atoms with Gasteiger partial charge in [-0.2, -0.15) is 0 Å². The average molecular weight is 261 g/mol. The molecule has 2 aromatic carbocycles. The van der Waals surface area contributed by atoms with Crippen molar-refractivity contribution < 1.29 is 5.11 Å². The van der Waals surface area contributed by atoms with Gasteiger partial charge in [0.05, 0.1) is 11.2 Å². The van der Waals surface area contributed by atoms with Crippen molar-refractivity contribution in [2.75, 3.05) is 0 Å². The summed E-state index contributed by atoms with van der Waals surface area (Å²) in [6.07, 6.45) is 3.90. The molecule has 0 saturated carbocycles. The zero-order chi connectivity index (χ0) is 13.9. The first-order valence-electron chi connectivity index (χ1n) is 6.55. The number of phenols is 1. The van der Waals surface area contributed by atoms with Crippen LogP contribution in [0, 0.1) is 6.92 Å². The van der Waals surface area contributed by atoms with Crippen LogP contribution in [0.5, 0.6) is 5.75 Å². The maximum Gasteiger partial charge on any atom is 0.116 e. The number of aromatic hydroxyl groups is 1. The van der Waals surface area contributed by atoms with Crippen LogP contribution in [0.15, 0.2) is 54.6 Å². The highest BCUT2D eigenvalue weighted by molar-refractivity contribution is 5.81. The fraction of sp³-hybridized carbons (Fsp3) is 0.0556. The van der Waals surface area contributed by atoms with Crippen LogP contribution in [-0.4, -0.2) is 10.1 Å². The van der Waals surface area contributed by atoms with Crippen LogP contribution in [0.25, 0.3) is 23.1 Å². The van der Waals surface area contributed by atoms with Crippen LogP contribution in [0.4, 0.5) is 0 Å². The topological polar surface area (TPSA) is 33.1 Å². The van der Waals surface area contributed by atoms with Gasteiger partial charge >= 0.3 is 0 Å². The molecule has 0 bridgehead atoms. The minimum absolute atomic E-state index is 0.272. The normalized spacial score (nSPS) is 11.2. The number of aromatic nitrogens is 1. The van der Waals surface area contributed by atoms with E-state index in [0.29, 0.717) is 0 Å². The molecule has 98 valence electrons. The van der Waals surface area contributed by atoms with Crippen molar-refractivity contribution in [2.45, 2.75) is 6.92 Å². The predicted molar refractivity (Wildman–Crippen MR) is 83.5 cm³/mol. The van der Waals surface area contributed by atoms with Crippen molar-refractivity contribution in [3.05, 3.63) is 71.4 Å². The lowest BCUT2D eigenvalue weighted by atomic mass is 10.1. The molecule has 2 nitrogen and oxygen atoms in total. The summed E-state index contributed by atoms with van der Waals surface area (Å²) in [5.74, 6) is 0.272. The maximum atomic E-state index is 9.43. The fourth-order valence-corrected chi connectivity index (χ4v) is 2.16. The van der Waals surface area contributed by atoms with E-state index >= 15 is 0 Å². The summed E-state index contributed by atoms with van der Waals surface area (Å²) in [4.78, 5) is 4.60. The summed E-state index contributed by atoms with van der Waals surface area (Å²) < 4.78 is 0. The second kappa shape index (κ2) is 5.17. The summed E-state index contributed by atoms with van der Waals surface area (Å²) in [6, 6.07) is 17.5. The number of fused-ring (bicyclic) bond motifs is 1. The number of aryl methyl sites for hydroxylation is 1. The van der Waals surface area contributed by atoms with Gasteiger partial charge < -0.3 is 5.11 Å². The first-order valence-corrected chi connectivity index (χ1v) is 6.55. The van der Waals surface area contributed by atoms with Crippen LogP contribution in [0.1, 0.15) is 16.8 Å². The van der Waals surface area contributed by atoms with E-state index in [9.17, 15) is 5.11 Å². The Labute approximate surface area is 118 Å². The molecule has 0 aliphatic rings. The highest BCUT2D eigenvalue weighted by atomic mass is 16.3. The second-order valence-electron chi connectivity index (χ2n) is 4.86. The van der Waals surface area contributed by atoms with Crippen molar-refractivity contribution in [3.8, 4) is 5.75 Å². The molecule has 0 aliphatic carbocycles. The molecule has 0 aliphatic heterocycles. The minimum Gasteiger partial charge on any atom is -0.508 e. The molecule has 2 heteroatoms. The van der Waals surface area contributed by atoms with Gasteiger partial charge in [0.25, 0.3) is 0 Å². The van der Waals surface area contributed by atoms with Gasteiger partial charge in [-0.05, 0) is 48.9 Å². The molecular formula is C18H15NO. The van der Waals surface area contributed by atoms with E-state index in [4.69, 9.17) is 0 Å². The van der Waals surface area contributed by atoms with Crippen LogP contribution in [-0.2, 0) is 0 Å². The Hall–Kier alpha value is -2.61. The molecule has 1 heterocycles. The Bertz CT molecular complexity index is 790.